The fourth-order valence-corrected chi connectivity index (χ4v) is 5.80. The lowest BCUT2D eigenvalue weighted by molar-refractivity contribution is -0.144. The molecule has 27 heavy (non-hydrogen) atoms. The van der Waals surface area contributed by atoms with Gasteiger partial charge < -0.3 is 10.0 Å². The van der Waals surface area contributed by atoms with E-state index in [1.165, 1.54) is 11.3 Å². The minimum atomic E-state index is -0.766. The molecule has 0 bridgehead atoms. The third-order valence-electron chi connectivity index (χ3n) is 6.51. The van der Waals surface area contributed by atoms with E-state index in [0.29, 0.717) is 12.3 Å². The average molecular weight is 392 g/mol. The first kappa shape index (κ1) is 18.9. The van der Waals surface area contributed by atoms with E-state index in [-0.39, 0.29) is 18.5 Å². The first-order valence-electron chi connectivity index (χ1n) is 10.1. The molecule has 3 heterocycles. The molecule has 148 valence electrons. The highest BCUT2D eigenvalue weighted by molar-refractivity contribution is 7.09. The number of carbonyl (C=O) groups is 2. The standard InChI is InChI=1S/C20H29N3O3S/c24-19(22-9-7-21(8-10-22)13-16-5-3-11-27-16)14-23-17-6-2-1-4-15(17)12-18(23)20(25)26/h3,5,11,15,17-18H,1-2,4,6-10,12-14H2,(H,25,26). The molecule has 1 aromatic heterocycles. The van der Waals surface area contributed by atoms with Gasteiger partial charge in [-0.15, -0.1) is 11.3 Å². The number of fused-ring (bicyclic) bond motifs is 1. The van der Waals surface area contributed by atoms with Gasteiger partial charge in [0.15, 0.2) is 0 Å². The van der Waals surface area contributed by atoms with Crippen molar-refractivity contribution >= 4 is 23.2 Å². The van der Waals surface area contributed by atoms with Crippen LogP contribution in [0.4, 0.5) is 0 Å². The SMILES string of the molecule is O=C(O)C1CC2CCCCC2N1CC(=O)N1CCN(Cc2cccs2)CC1. The van der Waals surface area contributed by atoms with E-state index in [4.69, 9.17) is 0 Å². The highest BCUT2D eigenvalue weighted by atomic mass is 32.1. The molecule has 1 amide bonds. The molecule has 2 aliphatic heterocycles. The van der Waals surface area contributed by atoms with Crippen LogP contribution in [-0.4, -0.2) is 76.5 Å². The fourth-order valence-electron chi connectivity index (χ4n) is 5.06. The molecular weight excluding hydrogens is 362 g/mol. The Morgan fingerprint density at radius 1 is 1.15 bits per heavy atom. The maximum atomic E-state index is 12.9. The van der Waals surface area contributed by atoms with Gasteiger partial charge in [-0.2, -0.15) is 0 Å². The van der Waals surface area contributed by atoms with E-state index >= 15 is 0 Å². The first-order chi connectivity index (χ1) is 13.1. The molecule has 1 N–H and O–H groups in total. The summed E-state index contributed by atoms with van der Waals surface area (Å²) in [7, 11) is 0. The summed E-state index contributed by atoms with van der Waals surface area (Å²) < 4.78 is 0. The number of piperazine rings is 1. The number of rotatable bonds is 5. The van der Waals surface area contributed by atoms with Crippen LogP contribution in [0, 0.1) is 5.92 Å². The number of thiophene rings is 1. The number of carboxylic acid groups (broad SMARTS) is 1. The number of hydrogen-bond donors (Lipinski definition) is 1. The van der Waals surface area contributed by atoms with Crippen molar-refractivity contribution in [3.05, 3.63) is 22.4 Å². The quantitative estimate of drug-likeness (QED) is 0.833. The molecule has 1 aromatic rings. The lowest BCUT2D eigenvalue weighted by Gasteiger charge is -2.37. The molecule has 3 unspecified atom stereocenters. The largest absolute Gasteiger partial charge is 0.480 e. The molecule has 0 radical (unpaired) electrons. The van der Waals surface area contributed by atoms with Crippen LogP contribution in [0.1, 0.15) is 37.0 Å². The van der Waals surface area contributed by atoms with E-state index in [9.17, 15) is 14.7 Å². The Morgan fingerprint density at radius 2 is 1.93 bits per heavy atom. The summed E-state index contributed by atoms with van der Waals surface area (Å²) in [6.45, 7) is 4.48. The van der Waals surface area contributed by atoms with Gasteiger partial charge in [0.1, 0.15) is 6.04 Å². The van der Waals surface area contributed by atoms with Gasteiger partial charge in [-0.05, 0) is 36.6 Å². The van der Waals surface area contributed by atoms with Gasteiger partial charge in [-0.25, -0.2) is 0 Å². The lowest BCUT2D eigenvalue weighted by atomic mass is 9.85. The Kier molecular flexibility index (Phi) is 5.80. The zero-order valence-corrected chi connectivity index (χ0v) is 16.6. The van der Waals surface area contributed by atoms with Gasteiger partial charge >= 0.3 is 5.97 Å². The van der Waals surface area contributed by atoms with Crippen molar-refractivity contribution in [1.82, 2.24) is 14.7 Å². The molecule has 3 aliphatic rings. The van der Waals surface area contributed by atoms with Gasteiger partial charge in [0.2, 0.25) is 5.91 Å². The summed E-state index contributed by atoms with van der Waals surface area (Å²) in [5.74, 6) is -0.212. The van der Waals surface area contributed by atoms with Crippen molar-refractivity contribution in [2.45, 2.75) is 50.7 Å². The van der Waals surface area contributed by atoms with E-state index < -0.39 is 12.0 Å². The third kappa shape index (κ3) is 4.20. The molecule has 7 heteroatoms. The number of amides is 1. The molecule has 6 nitrogen and oxygen atoms in total. The van der Waals surface area contributed by atoms with Crippen molar-refractivity contribution in [2.24, 2.45) is 5.92 Å². The molecule has 0 aromatic carbocycles. The van der Waals surface area contributed by atoms with Crippen LogP contribution in [0.5, 0.6) is 0 Å². The van der Waals surface area contributed by atoms with Gasteiger partial charge in [0.05, 0.1) is 6.54 Å². The summed E-state index contributed by atoms with van der Waals surface area (Å²) in [4.78, 5) is 32.3. The van der Waals surface area contributed by atoms with Gasteiger partial charge in [0.25, 0.3) is 0 Å². The second-order valence-corrected chi connectivity index (χ2v) is 9.14. The van der Waals surface area contributed by atoms with Crippen LogP contribution in [-0.2, 0) is 16.1 Å². The summed E-state index contributed by atoms with van der Waals surface area (Å²) in [6, 6.07) is 4.03. The predicted octanol–water partition coefficient (Wildman–Crippen LogP) is 2.11. The molecule has 0 spiro atoms. The Balaban J connectivity index is 1.32. The number of aliphatic carboxylic acids is 1. The van der Waals surface area contributed by atoms with Crippen LogP contribution in [0.25, 0.3) is 0 Å². The predicted molar refractivity (Wildman–Crippen MR) is 105 cm³/mol. The summed E-state index contributed by atoms with van der Waals surface area (Å²) in [6.07, 6.45) is 5.21. The zero-order chi connectivity index (χ0) is 18.8. The number of likely N-dealkylation sites (tertiary alicyclic amines) is 1. The van der Waals surface area contributed by atoms with Crippen molar-refractivity contribution in [3.8, 4) is 0 Å². The first-order valence-corrected chi connectivity index (χ1v) is 11.0. The summed E-state index contributed by atoms with van der Waals surface area (Å²) >= 11 is 1.77. The smallest absolute Gasteiger partial charge is 0.320 e. The van der Waals surface area contributed by atoms with E-state index in [2.05, 4.69) is 22.4 Å². The maximum absolute atomic E-state index is 12.9. The van der Waals surface area contributed by atoms with Crippen LogP contribution < -0.4 is 0 Å². The third-order valence-corrected chi connectivity index (χ3v) is 7.37. The minimum absolute atomic E-state index is 0.100. The van der Waals surface area contributed by atoms with Crippen molar-refractivity contribution in [3.63, 3.8) is 0 Å². The maximum Gasteiger partial charge on any atom is 0.320 e. The molecule has 1 saturated carbocycles. The molecule has 3 atom stereocenters. The second-order valence-electron chi connectivity index (χ2n) is 8.11. The summed E-state index contributed by atoms with van der Waals surface area (Å²) in [5, 5.41) is 11.7. The van der Waals surface area contributed by atoms with Crippen LogP contribution in [0.2, 0.25) is 0 Å². The second kappa shape index (κ2) is 8.29. The van der Waals surface area contributed by atoms with E-state index in [1.807, 2.05) is 9.80 Å². The lowest BCUT2D eigenvalue weighted by Crippen LogP contribution is -2.53. The number of carbonyl (C=O) groups excluding carboxylic acids is 1. The molecule has 1 aliphatic carbocycles. The summed E-state index contributed by atoms with van der Waals surface area (Å²) in [5.41, 5.74) is 0. The Labute approximate surface area is 164 Å². The van der Waals surface area contributed by atoms with E-state index in [0.717, 1.165) is 52.0 Å². The van der Waals surface area contributed by atoms with Gasteiger partial charge in [-0.1, -0.05) is 18.9 Å². The normalized spacial score (nSPS) is 29.6. The van der Waals surface area contributed by atoms with Crippen molar-refractivity contribution < 1.29 is 14.7 Å². The van der Waals surface area contributed by atoms with Crippen LogP contribution in [0.3, 0.4) is 0 Å². The molecule has 3 fully saturated rings. The molecular formula is C20H29N3O3S. The highest BCUT2D eigenvalue weighted by Gasteiger charge is 2.46. The zero-order valence-electron chi connectivity index (χ0n) is 15.8. The van der Waals surface area contributed by atoms with Crippen molar-refractivity contribution in [1.29, 1.82) is 0 Å². The highest BCUT2D eigenvalue weighted by Crippen LogP contribution is 2.39. The fraction of sp³-hybridized carbons (Fsp3) is 0.700. The van der Waals surface area contributed by atoms with Crippen molar-refractivity contribution in [2.75, 3.05) is 32.7 Å². The van der Waals surface area contributed by atoms with Gasteiger partial charge in [-0.3, -0.25) is 19.4 Å². The molecule has 4 rings (SSSR count). The van der Waals surface area contributed by atoms with Gasteiger partial charge in [0, 0.05) is 43.6 Å². The number of hydrogen-bond acceptors (Lipinski definition) is 5. The Morgan fingerprint density at radius 3 is 2.63 bits per heavy atom. The average Bonchev–Trinajstić information content (AvgIpc) is 3.30. The molecule has 2 saturated heterocycles. The number of carboxylic acids is 1. The minimum Gasteiger partial charge on any atom is -0.480 e. The Bertz CT molecular complexity index is 657. The van der Waals surface area contributed by atoms with E-state index in [1.54, 1.807) is 11.3 Å². The topological polar surface area (TPSA) is 64.1 Å². The Hall–Kier alpha value is -1.44. The monoisotopic (exact) mass is 391 g/mol. The van der Waals surface area contributed by atoms with Crippen LogP contribution >= 0.6 is 11.3 Å². The number of nitrogens with zero attached hydrogens (tertiary/aromatic N) is 3. The van der Waals surface area contributed by atoms with Crippen LogP contribution in [0.15, 0.2) is 17.5 Å².